The van der Waals surface area contributed by atoms with Crippen LogP contribution in [-0.4, -0.2) is 68.1 Å². The molecule has 5 N–H and O–H groups in total. The maximum Gasteiger partial charge on any atom is 0.128 e. The summed E-state index contributed by atoms with van der Waals surface area (Å²) >= 11 is 0. The van der Waals surface area contributed by atoms with Crippen LogP contribution < -0.4 is 24.3 Å². The fourth-order valence-electron chi connectivity index (χ4n) is 7.35. The van der Waals surface area contributed by atoms with Crippen LogP contribution in [0.25, 0.3) is 11.1 Å². The molecule has 2 aliphatic rings. The highest BCUT2D eigenvalue weighted by molar-refractivity contribution is 5.70. The van der Waals surface area contributed by atoms with E-state index in [9.17, 15) is 20.4 Å². The lowest BCUT2D eigenvalue weighted by Crippen LogP contribution is -2.46. The first kappa shape index (κ1) is 34.4. The molecule has 2 heterocycles. The van der Waals surface area contributed by atoms with E-state index in [0.29, 0.717) is 66.5 Å². The average Bonchev–Trinajstić information content (AvgIpc) is 3.09. The van der Waals surface area contributed by atoms with Crippen molar-refractivity contribution in [3.63, 3.8) is 0 Å². The summed E-state index contributed by atoms with van der Waals surface area (Å²) in [4.78, 5) is 0. The Kier molecular flexibility index (Phi) is 10.5. The molecule has 5 unspecified atom stereocenters. The second kappa shape index (κ2) is 15.0. The normalized spacial score (nSPS) is 21.2. The third-order valence-electron chi connectivity index (χ3n) is 9.68. The summed E-state index contributed by atoms with van der Waals surface area (Å²) in [7, 11) is 6.69. The standard InChI is InChI=1S/C39H45NO9/c1-40-20-25-17-35-30(19-34(25)47-4)38(44)36(33(49-35)9-6-12-45-2)32-21-48-39-24(16-28(46-3)18-31(39)37(32)43)13-23-15-27(42)10-11-29(23)22-7-5-8-26(41)14-22/h5,7-8,10-11,14-19,32-33,36-38,40-44H,6,9,12-13,20-21H2,1-4H3. The summed E-state index contributed by atoms with van der Waals surface area (Å²) in [6.45, 7) is 1.25. The van der Waals surface area contributed by atoms with Crippen molar-refractivity contribution in [3.8, 4) is 45.6 Å². The van der Waals surface area contributed by atoms with Gasteiger partial charge in [-0.15, -0.1) is 0 Å². The molecule has 0 saturated heterocycles. The highest BCUT2D eigenvalue weighted by atomic mass is 16.5. The molecule has 0 spiro atoms. The number of phenols is 2. The van der Waals surface area contributed by atoms with Crippen molar-refractivity contribution in [3.05, 3.63) is 94.5 Å². The predicted octanol–water partition coefficient (Wildman–Crippen LogP) is 5.67. The minimum absolute atomic E-state index is 0.109. The number of aliphatic hydroxyl groups is 2. The number of methoxy groups -OCH3 is 3. The molecule has 10 heteroatoms. The zero-order valence-corrected chi connectivity index (χ0v) is 28.3. The molecule has 0 amide bonds. The van der Waals surface area contributed by atoms with Crippen LogP contribution in [0.2, 0.25) is 0 Å². The Morgan fingerprint density at radius 3 is 2.39 bits per heavy atom. The molecule has 4 aromatic rings. The summed E-state index contributed by atoms with van der Waals surface area (Å²) in [5.74, 6) is 1.54. The summed E-state index contributed by atoms with van der Waals surface area (Å²) in [5, 5.41) is 47.9. The van der Waals surface area contributed by atoms with Crippen LogP contribution in [0, 0.1) is 11.8 Å². The van der Waals surface area contributed by atoms with Crippen molar-refractivity contribution in [1.82, 2.24) is 5.32 Å². The van der Waals surface area contributed by atoms with E-state index in [-0.39, 0.29) is 18.1 Å². The molecule has 0 radical (unpaired) electrons. The Hall–Kier alpha value is -4.48. The third kappa shape index (κ3) is 7.00. The fraction of sp³-hybridized carbons (Fsp3) is 0.385. The van der Waals surface area contributed by atoms with Gasteiger partial charge >= 0.3 is 0 Å². The number of ether oxygens (including phenoxy) is 5. The van der Waals surface area contributed by atoms with Crippen LogP contribution >= 0.6 is 0 Å². The van der Waals surface area contributed by atoms with Gasteiger partial charge in [-0.1, -0.05) is 18.2 Å². The largest absolute Gasteiger partial charge is 0.508 e. The summed E-state index contributed by atoms with van der Waals surface area (Å²) in [5.41, 5.74) is 5.29. The molecule has 49 heavy (non-hydrogen) atoms. The molecular formula is C39H45NO9. The second-order valence-electron chi connectivity index (χ2n) is 12.7. The van der Waals surface area contributed by atoms with Crippen LogP contribution in [0.3, 0.4) is 0 Å². The number of benzene rings is 4. The molecule has 0 bridgehead atoms. The number of phenolic OH excluding ortho intramolecular Hbond substituents is 2. The molecule has 0 fully saturated rings. The monoisotopic (exact) mass is 671 g/mol. The fourth-order valence-corrected chi connectivity index (χ4v) is 7.35. The number of nitrogens with one attached hydrogen (secondary N) is 1. The lowest BCUT2D eigenvalue weighted by molar-refractivity contribution is -0.0889. The molecule has 0 aromatic heterocycles. The van der Waals surface area contributed by atoms with Crippen LogP contribution in [0.15, 0.2) is 66.7 Å². The second-order valence-corrected chi connectivity index (χ2v) is 12.7. The van der Waals surface area contributed by atoms with E-state index in [1.807, 2.05) is 37.4 Å². The van der Waals surface area contributed by atoms with Crippen molar-refractivity contribution in [1.29, 1.82) is 0 Å². The van der Waals surface area contributed by atoms with E-state index in [4.69, 9.17) is 23.7 Å². The van der Waals surface area contributed by atoms with Gasteiger partial charge in [-0.2, -0.15) is 0 Å². The minimum Gasteiger partial charge on any atom is -0.508 e. The van der Waals surface area contributed by atoms with Gasteiger partial charge in [0.2, 0.25) is 0 Å². The van der Waals surface area contributed by atoms with Crippen molar-refractivity contribution in [2.75, 3.05) is 41.6 Å². The quantitative estimate of drug-likeness (QED) is 0.120. The van der Waals surface area contributed by atoms with Crippen LogP contribution in [0.4, 0.5) is 0 Å². The first-order valence-electron chi connectivity index (χ1n) is 16.6. The van der Waals surface area contributed by atoms with Gasteiger partial charge in [0, 0.05) is 60.8 Å². The van der Waals surface area contributed by atoms with E-state index < -0.39 is 30.1 Å². The van der Waals surface area contributed by atoms with Gasteiger partial charge in [-0.05, 0) is 85.1 Å². The maximum atomic E-state index is 12.1. The van der Waals surface area contributed by atoms with Gasteiger partial charge in [-0.25, -0.2) is 0 Å². The van der Waals surface area contributed by atoms with Crippen molar-refractivity contribution in [2.45, 2.75) is 44.1 Å². The first-order chi connectivity index (χ1) is 23.8. The number of hydrogen-bond acceptors (Lipinski definition) is 10. The lowest BCUT2D eigenvalue weighted by atomic mass is 9.72. The smallest absolute Gasteiger partial charge is 0.128 e. The Labute approximate surface area is 286 Å². The van der Waals surface area contributed by atoms with Gasteiger partial charge in [0.1, 0.15) is 40.6 Å². The number of aliphatic hydroxyl groups excluding tert-OH is 2. The third-order valence-corrected chi connectivity index (χ3v) is 9.68. The van der Waals surface area contributed by atoms with E-state index in [1.165, 1.54) is 0 Å². The summed E-state index contributed by atoms with van der Waals surface area (Å²) in [6.07, 6.45) is -0.707. The Bertz CT molecular complexity index is 1780. The molecular weight excluding hydrogens is 626 g/mol. The van der Waals surface area contributed by atoms with E-state index in [2.05, 4.69) is 5.32 Å². The van der Waals surface area contributed by atoms with Gasteiger partial charge in [0.15, 0.2) is 0 Å². The van der Waals surface area contributed by atoms with Gasteiger partial charge in [0.25, 0.3) is 0 Å². The number of fused-ring (bicyclic) bond motifs is 2. The summed E-state index contributed by atoms with van der Waals surface area (Å²) < 4.78 is 29.8. The highest BCUT2D eigenvalue weighted by Gasteiger charge is 2.47. The zero-order valence-electron chi connectivity index (χ0n) is 28.3. The van der Waals surface area contributed by atoms with Crippen LogP contribution in [-0.2, 0) is 17.7 Å². The molecule has 2 aliphatic heterocycles. The molecule has 6 rings (SSSR count). The Morgan fingerprint density at radius 2 is 1.65 bits per heavy atom. The van der Waals surface area contributed by atoms with E-state index in [0.717, 1.165) is 27.8 Å². The van der Waals surface area contributed by atoms with Gasteiger partial charge < -0.3 is 49.4 Å². The average molecular weight is 672 g/mol. The molecule has 5 atom stereocenters. The van der Waals surface area contributed by atoms with Crippen LogP contribution in [0.5, 0.6) is 34.5 Å². The number of aromatic hydroxyl groups is 2. The SMILES string of the molecule is CNCc1cc2c(cc1OC)C(O)C(C1COc3c(Cc4cc(O)ccc4-c4cccc(O)c4)cc(OC)cc3C1O)C(CCCOC)O2. The van der Waals surface area contributed by atoms with Crippen molar-refractivity contribution in [2.24, 2.45) is 11.8 Å². The molecule has 0 saturated carbocycles. The van der Waals surface area contributed by atoms with Gasteiger partial charge in [-0.3, -0.25) is 0 Å². The zero-order chi connectivity index (χ0) is 34.7. The molecule has 10 nitrogen and oxygen atoms in total. The molecule has 260 valence electrons. The Balaban J connectivity index is 1.37. The highest BCUT2D eigenvalue weighted by Crippen LogP contribution is 2.51. The van der Waals surface area contributed by atoms with E-state index in [1.54, 1.807) is 57.7 Å². The summed E-state index contributed by atoms with van der Waals surface area (Å²) in [6, 6.07) is 19.5. The minimum atomic E-state index is -1.01. The maximum absolute atomic E-state index is 12.1. The number of rotatable bonds is 12. The van der Waals surface area contributed by atoms with Crippen molar-refractivity contribution >= 4 is 0 Å². The Morgan fingerprint density at radius 1 is 0.837 bits per heavy atom. The van der Waals surface area contributed by atoms with Gasteiger partial charge in [0.05, 0.1) is 33.0 Å². The molecule has 4 aromatic carbocycles. The first-order valence-corrected chi connectivity index (χ1v) is 16.6. The topological polar surface area (TPSA) is 139 Å². The van der Waals surface area contributed by atoms with Crippen LogP contribution in [0.1, 0.15) is 52.9 Å². The number of hydrogen-bond donors (Lipinski definition) is 5. The molecule has 0 aliphatic carbocycles. The van der Waals surface area contributed by atoms with E-state index >= 15 is 0 Å². The lowest BCUT2D eigenvalue weighted by Gasteiger charge is -2.45. The van der Waals surface area contributed by atoms with Crippen molar-refractivity contribution < 1.29 is 44.1 Å². The predicted molar refractivity (Wildman–Crippen MR) is 185 cm³/mol.